The van der Waals surface area contributed by atoms with Gasteiger partial charge in [-0.3, -0.25) is 4.79 Å². The Morgan fingerprint density at radius 2 is 1.96 bits per heavy atom. The topological polar surface area (TPSA) is 45.2 Å². The third-order valence-corrected chi connectivity index (χ3v) is 4.99. The summed E-state index contributed by atoms with van der Waals surface area (Å²) in [6.07, 6.45) is 1.02. The lowest BCUT2D eigenvalue weighted by atomic mass is 10.2. The number of carbonyl (C=O) groups is 1. The number of aromatic nitrogens is 1. The van der Waals surface area contributed by atoms with E-state index in [1.54, 1.807) is 17.4 Å². The van der Waals surface area contributed by atoms with Crippen LogP contribution >= 0.6 is 22.9 Å². The number of carbonyl (C=O) groups excluding carboxylic acids is 1. The number of anilines is 2. The van der Waals surface area contributed by atoms with E-state index < -0.39 is 0 Å². The second kappa shape index (κ2) is 8.34. The fourth-order valence-corrected chi connectivity index (χ4v) is 3.64. The van der Waals surface area contributed by atoms with Crippen molar-refractivity contribution in [3.8, 4) is 0 Å². The SMILES string of the molecule is CN(C)c1ccc(Cl)cc1NC(=O)Cc1csc(Cc2ccccc2)n1. The van der Waals surface area contributed by atoms with Crippen LogP contribution < -0.4 is 10.2 Å². The molecule has 0 aliphatic rings. The van der Waals surface area contributed by atoms with Gasteiger partial charge in [0.05, 0.1) is 28.5 Å². The quantitative estimate of drug-likeness (QED) is 0.672. The molecular weight excluding hydrogens is 366 g/mol. The second-order valence-electron chi connectivity index (χ2n) is 6.18. The van der Waals surface area contributed by atoms with Crippen LogP contribution in [0.2, 0.25) is 5.02 Å². The van der Waals surface area contributed by atoms with Gasteiger partial charge < -0.3 is 10.2 Å². The molecule has 26 heavy (non-hydrogen) atoms. The molecule has 1 heterocycles. The number of amides is 1. The van der Waals surface area contributed by atoms with Gasteiger partial charge in [0, 0.05) is 30.9 Å². The zero-order valence-electron chi connectivity index (χ0n) is 14.7. The predicted molar refractivity (Wildman–Crippen MR) is 109 cm³/mol. The van der Waals surface area contributed by atoms with Gasteiger partial charge in [0.1, 0.15) is 0 Å². The standard InChI is InChI=1S/C20H20ClN3OS/c1-24(2)18-9-8-15(21)11-17(18)23-19(25)12-16-13-26-20(22-16)10-14-6-4-3-5-7-14/h3-9,11,13H,10,12H2,1-2H3,(H,23,25). The van der Waals surface area contributed by atoms with E-state index in [1.807, 2.05) is 54.7 Å². The molecule has 0 saturated carbocycles. The van der Waals surface area contributed by atoms with Gasteiger partial charge in [0.15, 0.2) is 0 Å². The van der Waals surface area contributed by atoms with Crippen molar-refractivity contribution in [2.75, 3.05) is 24.3 Å². The van der Waals surface area contributed by atoms with Crippen LogP contribution in [0.1, 0.15) is 16.3 Å². The molecule has 0 atom stereocenters. The van der Waals surface area contributed by atoms with Gasteiger partial charge in [0.25, 0.3) is 0 Å². The summed E-state index contributed by atoms with van der Waals surface area (Å²) >= 11 is 7.65. The number of thiazole rings is 1. The highest BCUT2D eigenvalue weighted by Crippen LogP contribution is 2.28. The van der Waals surface area contributed by atoms with E-state index in [4.69, 9.17) is 11.6 Å². The maximum Gasteiger partial charge on any atom is 0.230 e. The third kappa shape index (κ3) is 4.84. The smallest absolute Gasteiger partial charge is 0.230 e. The van der Waals surface area contributed by atoms with Crippen molar-refractivity contribution in [2.45, 2.75) is 12.8 Å². The van der Waals surface area contributed by atoms with Crippen LogP contribution in [-0.4, -0.2) is 25.0 Å². The number of hydrogen-bond donors (Lipinski definition) is 1. The Kier molecular flexibility index (Phi) is 5.91. The van der Waals surface area contributed by atoms with Crippen molar-refractivity contribution < 1.29 is 4.79 Å². The molecule has 4 nitrogen and oxygen atoms in total. The van der Waals surface area contributed by atoms with E-state index in [0.717, 1.165) is 22.8 Å². The highest BCUT2D eigenvalue weighted by molar-refractivity contribution is 7.09. The minimum absolute atomic E-state index is 0.105. The largest absolute Gasteiger partial charge is 0.376 e. The number of benzene rings is 2. The van der Waals surface area contributed by atoms with Crippen molar-refractivity contribution in [1.29, 1.82) is 0 Å². The zero-order chi connectivity index (χ0) is 18.5. The van der Waals surface area contributed by atoms with Crippen LogP contribution in [0.4, 0.5) is 11.4 Å². The molecule has 0 aliphatic heterocycles. The van der Waals surface area contributed by atoms with E-state index in [0.29, 0.717) is 10.7 Å². The lowest BCUT2D eigenvalue weighted by Crippen LogP contribution is -2.18. The average Bonchev–Trinajstić information content (AvgIpc) is 3.02. The Labute approximate surface area is 162 Å². The van der Waals surface area contributed by atoms with Gasteiger partial charge in [-0.1, -0.05) is 41.9 Å². The number of rotatable bonds is 6. The lowest BCUT2D eigenvalue weighted by molar-refractivity contribution is -0.115. The molecule has 2 aromatic carbocycles. The van der Waals surface area contributed by atoms with Crippen LogP contribution in [0.3, 0.4) is 0 Å². The van der Waals surface area contributed by atoms with E-state index in [1.165, 1.54) is 5.56 Å². The van der Waals surface area contributed by atoms with Gasteiger partial charge >= 0.3 is 0 Å². The van der Waals surface area contributed by atoms with Crippen molar-refractivity contribution >= 4 is 40.2 Å². The Balaban J connectivity index is 1.65. The molecule has 0 saturated heterocycles. The first-order valence-corrected chi connectivity index (χ1v) is 9.51. The molecule has 0 fully saturated rings. The molecule has 3 aromatic rings. The number of halogens is 1. The average molecular weight is 386 g/mol. The molecule has 1 aromatic heterocycles. The molecular formula is C20H20ClN3OS. The van der Waals surface area contributed by atoms with E-state index >= 15 is 0 Å². The van der Waals surface area contributed by atoms with Crippen LogP contribution in [0.15, 0.2) is 53.9 Å². The molecule has 0 bridgehead atoms. The van der Waals surface area contributed by atoms with Crippen molar-refractivity contribution in [1.82, 2.24) is 4.98 Å². The van der Waals surface area contributed by atoms with Gasteiger partial charge in [-0.25, -0.2) is 4.98 Å². The Hall–Kier alpha value is -2.37. The highest BCUT2D eigenvalue weighted by Gasteiger charge is 2.12. The maximum absolute atomic E-state index is 12.4. The first-order chi connectivity index (χ1) is 12.5. The van der Waals surface area contributed by atoms with Gasteiger partial charge in [-0.05, 0) is 23.8 Å². The summed E-state index contributed by atoms with van der Waals surface area (Å²) in [6, 6.07) is 15.7. The summed E-state index contributed by atoms with van der Waals surface area (Å²) in [5.74, 6) is -0.105. The number of nitrogens with one attached hydrogen (secondary N) is 1. The minimum Gasteiger partial charge on any atom is -0.376 e. The Morgan fingerprint density at radius 3 is 2.69 bits per heavy atom. The molecule has 134 valence electrons. The van der Waals surface area contributed by atoms with Crippen LogP contribution in [0, 0.1) is 0 Å². The highest BCUT2D eigenvalue weighted by atomic mass is 35.5. The summed E-state index contributed by atoms with van der Waals surface area (Å²) in [5, 5.41) is 6.48. The van der Waals surface area contributed by atoms with E-state index in [-0.39, 0.29) is 12.3 Å². The third-order valence-electron chi connectivity index (χ3n) is 3.85. The molecule has 0 spiro atoms. The Morgan fingerprint density at radius 1 is 1.19 bits per heavy atom. The second-order valence-corrected chi connectivity index (χ2v) is 7.55. The first-order valence-electron chi connectivity index (χ1n) is 8.25. The molecule has 0 aliphatic carbocycles. The molecule has 6 heteroatoms. The van der Waals surface area contributed by atoms with Crippen LogP contribution in [0.5, 0.6) is 0 Å². The molecule has 0 radical (unpaired) electrons. The van der Waals surface area contributed by atoms with Gasteiger partial charge in [-0.15, -0.1) is 11.3 Å². The van der Waals surface area contributed by atoms with Crippen LogP contribution in [-0.2, 0) is 17.6 Å². The molecule has 0 unspecified atom stereocenters. The van der Waals surface area contributed by atoms with Crippen LogP contribution in [0.25, 0.3) is 0 Å². The van der Waals surface area contributed by atoms with Crippen molar-refractivity contribution in [3.05, 3.63) is 75.2 Å². The predicted octanol–water partition coefficient (Wildman–Crippen LogP) is 4.63. The molecule has 1 N–H and O–H groups in total. The zero-order valence-corrected chi connectivity index (χ0v) is 16.3. The number of hydrogen-bond acceptors (Lipinski definition) is 4. The Bertz CT molecular complexity index is 893. The summed E-state index contributed by atoms with van der Waals surface area (Å²) < 4.78 is 0. The number of nitrogens with zero attached hydrogens (tertiary/aromatic N) is 2. The molecule has 3 rings (SSSR count). The van der Waals surface area contributed by atoms with E-state index in [9.17, 15) is 4.79 Å². The normalized spacial score (nSPS) is 10.6. The minimum atomic E-state index is -0.105. The maximum atomic E-state index is 12.4. The summed E-state index contributed by atoms with van der Waals surface area (Å²) in [5.41, 5.74) is 3.61. The van der Waals surface area contributed by atoms with E-state index in [2.05, 4.69) is 22.4 Å². The lowest BCUT2D eigenvalue weighted by Gasteiger charge is -2.18. The summed E-state index contributed by atoms with van der Waals surface area (Å²) in [6.45, 7) is 0. The van der Waals surface area contributed by atoms with Gasteiger partial charge in [-0.2, -0.15) is 0 Å². The fourth-order valence-electron chi connectivity index (χ4n) is 2.64. The molecule has 1 amide bonds. The monoisotopic (exact) mass is 385 g/mol. The fraction of sp³-hybridized carbons (Fsp3) is 0.200. The van der Waals surface area contributed by atoms with Crippen molar-refractivity contribution in [3.63, 3.8) is 0 Å². The van der Waals surface area contributed by atoms with Gasteiger partial charge in [0.2, 0.25) is 5.91 Å². The first kappa shape index (κ1) is 18.4. The summed E-state index contributed by atoms with van der Waals surface area (Å²) in [4.78, 5) is 18.9. The van der Waals surface area contributed by atoms with Crippen molar-refractivity contribution in [2.24, 2.45) is 0 Å². The summed E-state index contributed by atoms with van der Waals surface area (Å²) in [7, 11) is 3.85.